The summed E-state index contributed by atoms with van der Waals surface area (Å²) in [5.41, 5.74) is 0.691. The highest BCUT2D eigenvalue weighted by atomic mass is 32.1. The van der Waals surface area contributed by atoms with Gasteiger partial charge >= 0.3 is 0 Å². The molecule has 0 saturated heterocycles. The van der Waals surface area contributed by atoms with Crippen molar-refractivity contribution in [2.24, 2.45) is 0 Å². The summed E-state index contributed by atoms with van der Waals surface area (Å²) in [5, 5.41) is 10.1. The minimum absolute atomic E-state index is 0.0163. The van der Waals surface area contributed by atoms with Gasteiger partial charge in [0.25, 0.3) is 0 Å². The first kappa shape index (κ1) is 7.96. The van der Waals surface area contributed by atoms with Crippen molar-refractivity contribution >= 4 is 17.1 Å². The lowest BCUT2D eigenvalue weighted by atomic mass is 10.1. The molecule has 0 aliphatic heterocycles. The van der Waals surface area contributed by atoms with E-state index < -0.39 is 0 Å². The lowest BCUT2D eigenvalue weighted by molar-refractivity contribution is 0.0997. The van der Waals surface area contributed by atoms with Crippen molar-refractivity contribution in [1.82, 2.24) is 0 Å². The lowest BCUT2D eigenvalue weighted by Gasteiger charge is -1.91. The van der Waals surface area contributed by atoms with Crippen molar-refractivity contribution in [3.05, 3.63) is 21.9 Å². The Morgan fingerprint density at radius 3 is 3.00 bits per heavy atom. The fourth-order valence-electron chi connectivity index (χ4n) is 0.841. The van der Waals surface area contributed by atoms with Crippen LogP contribution in [-0.4, -0.2) is 5.78 Å². The first-order chi connectivity index (χ1) is 5.25. The van der Waals surface area contributed by atoms with E-state index in [4.69, 9.17) is 5.26 Å². The predicted molar refractivity (Wildman–Crippen MR) is 43.6 cm³/mol. The van der Waals surface area contributed by atoms with Gasteiger partial charge in [-0.15, -0.1) is 11.3 Å². The predicted octanol–water partition coefficient (Wildman–Crippen LogP) is 2.15. The van der Waals surface area contributed by atoms with Crippen molar-refractivity contribution in [2.45, 2.75) is 13.3 Å². The molecule has 11 heavy (non-hydrogen) atoms. The van der Waals surface area contributed by atoms with Gasteiger partial charge in [-0.1, -0.05) is 0 Å². The second-order valence-corrected chi connectivity index (χ2v) is 3.27. The van der Waals surface area contributed by atoms with Gasteiger partial charge in [0.05, 0.1) is 12.5 Å². The highest BCUT2D eigenvalue weighted by Gasteiger charge is 2.08. The highest BCUT2D eigenvalue weighted by molar-refractivity contribution is 7.10. The van der Waals surface area contributed by atoms with E-state index in [1.165, 1.54) is 11.3 Å². The zero-order valence-electron chi connectivity index (χ0n) is 6.13. The number of carbonyl (C=O) groups excluding carboxylic acids is 1. The average Bonchev–Trinajstić information content (AvgIpc) is 2.36. The summed E-state index contributed by atoms with van der Waals surface area (Å²) < 4.78 is 0. The van der Waals surface area contributed by atoms with E-state index in [9.17, 15) is 4.79 Å². The Morgan fingerprint density at radius 1 is 1.82 bits per heavy atom. The number of carbonyl (C=O) groups is 1. The molecule has 0 aliphatic carbocycles. The molecule has 56 valence electrons. The van der Waals surface area contributed by atoms with E-state index >= 15 is 0 Å². The number of Topliss-reactive ketones (excluding diaryl/α,β-unsaturated/α-hetero) is 1. The van der Waals surface area contributed by atoms with Gasteiger partial charge in [0.1, 0.15) is 0 Å². The summed E-state index contributed by atoms with van der Waals surface area (Å²) in [6.45, 7) is 1.88. The third-order valence-electron chi connectivity index (χ3n) is 1.40. The topological polar surface area (TPSA) is 40.9 Å². The SMILES string of the molecule is Cc1sccc1C(=O)CC#N. The molecule has 0 fully saturated rings. The zero-order chi connectivity index (χ0) is 8.27. The Balaban J connectivity index is 2.86. The maximum absolute atomic E-state index is 11.1. The van der Waals surface area contributed by atoms with Gasteiger partial charge in [0.2, 0.25) is 0 Å². The number of aryl methyl sites for hydroxylation is 1. The van der Waals surface area contributed by atoms with Crippen LogP contribution in [0.5, 0.6) is 0 Å². The third-order valence-corrected chi connectivity index (χ3v) is 2.24. The molecule has 0 atom stereocenters. The molecule has 0 unspecified atom stereocenters. The molecule has 0 saturated carbocycles. The molecule has 0 aromatic carbocycles. The quantitative estimate of drug-likeness (QED) is 0.630. The number of hydrogen-bond donors (Lipinski definition) is 0. The molecule has 2 nitrogen and oxygen atoms in total. The van der Waals surface area contributed by atoms with Gasteiger partial charge in [-0.05, 0) is 18.4 Å². The minimum atomic E-state index is -0.0775. The Kier molecular flexibility index (Phi) is 2.40. The molecule has 1 aromatic heterocycles. The zero-order valence-corrected chi connectivity index (χ0v) is 6.94. The second-order valence-electron chi connectivity index (χ2n) is 2.15. The molecule has 1 heterocycles. The van der Waals surface area contributed by atoms with E-state index in [2.05, 4.69) is 0 Å². The molecule has 0 spiro atoms. The van der Waals surface area contributed by atoms with Crippen LogP contribution in [0.4, 0.5) is 0 Å². The van der Waals surface area contributed by atoms with Crippen molar-refractivity contribution in [2.75, 3.05) is 0 Å². The van der Waals surface area contributed by atoms with E-state index in [1.807, 2.05) is 18.4 Å². The summed E-state index contributed by atoms with van der Waals surface area (Å²) in [5.74, 6) is -0.0775. The molecular formula is C8H7NOS. The summed E-state index contributed by atoms with van der Waals surface area (Å²) in [6, 6.07) is 3.60. The molecule has 0 N–H and O–H groups in total. The van der Waals surface area contributed by atoms with Crippen LogP contribution >= 0.6 is 11.3 Å². The molecule has 0 bridgehead atoms. The lowest BCUT2D eigenvalue weighted by Crippen LogP contribution is -1.96. The fourth-order valence-corrected chi connectivity index (χ4v) is 1.56. The number of thiophene rings is 1. The number of hydrogen-bond acceptors (Lipinski definition) is 3. The van der Waals surface area contributed by atoms with Gasteiger partial charge in [-0.2, -0.15) is 5.26 Å². The number of nitriles is 1. The molecule has 1 rings (SSSR count). The Hall–Kier alpha value is -1.14. The summed E-state index contributed by atoms with van der Waals surface area (Å²) in [7, 11) is 0. The Morgan fingerprint density at radius 2 is 2.55 bits per heavy atom. The largest absolute Gasteiger partial charge is 0.293 e. The van der Waals surface area contributed by atoms with Crippen LogP contribution in [0.15, 0.2) is 11.4 Å². The summed E-state index contributed by atoms with van der Waals surface area (Å²) in [6.07, 6.45) is -0.0163. The second kappa shape index (κ2) is 3.31. The van der Waals surface area contributed by atoms with Crippen LogP contribution in [0.2, 0.25) is 0 Å². The van der Waals surface area contributed by atoms with Crippen LogP contribution in [-0.2, 0) is 0 Å². The smallest absolute Gasteiger partial charge is 0.177 e. The number of ketones is 1. The fraction of sp³-hybridized carbons (Fsp3) is 0.250. The molecule has 0 radical (unpaired) electrons. The highest BCUT2D eigenvalue weighted by Crippen LogP contribution is 2.16. The number of nitrogens with zero attached hydrogens (tertiary/aromatic N) is 1. The standard InChI is InChI=1S/C8H7NOS/c1-6-7(3-5-11-6)8(10)2-4-9/h3,5H,2H2,1H3. The van der Waals surface area contributed by atoms with Gasteiger partial charge in [0.15, 0.2) is 5.78 Å². The van der Waals surface area contributed by atoms with Crippen LogP contribution < -0.4 is 0 Å². The first-order valence-corrected chi connectivity index (χ1v) is 4.08. The molecule has 1 aromatic rings. The molecular weight excluding hydrogens is 158 g/mol. The average molecular weight is 165 g/mol. The molecule has 0 amide bonds. The van der Waals surface area contributed by atoms with Gasteiger partial charge in [-0.25, -0.2) is 0 Å². The van der Waals surface area contributed by atoms with Crippen molar-refractivity contribution in [3.63, 3.8) is 0 Å². The Bertz CT molecular complexity index is 308. The molecule has 0 aliphatic rings. The van der Waals surface area contributed by atoms with Crippen LogP contribution in [0, 0.1) is 18.3 Å². The summed E-state index contributed by atoms with van der Waals surface area (Å²) >= 11 is 1.53. The van der Waals surface area contributed by atoms with Crippen LogP contribution in [0.3, 0.4) is 0 Å². The number of rotatable bonds is 2. The van der Waals surface area contributed by atoms with E-state index in [-0.39, 0.29) is 12.2 Å². The maximum Gasteiger partial charge on any atom is 0.177 e. The van der Waals surface area contributed by atoms with Crippen LogP contribution in [0.25, 0.3) is 0 Å². The van der Waals surface area contributed by atoms with Crippen LogP contribution in [0.1, 0.15) is 21.7 Å². The normalized spacial score (nSPS) is 9.09. The van der Waals surface area contributed by atoms with Crippen molar-refractivity contribution in [3.8, 4) is 6.07 Å². The maximum atomic E-state index is 11.1. The minimum Gasteiger partial charge on any atom is -0.293 e. The van der Waals surface area contributed by atoms with E-state index in [0.29, 0.717) is 5.56 Å². The van der Waals surface area contributed by atoms with Gasteiger partial charge in [0, 0.05) is 10.4 Å². The van der Waals surface area contributed by atoms with E-state index in [0.717, 1.165) is 4.88 Å². The third kappa shape index (κ3) is 1.66. The monoisotopic (exact) mass is 165 g/mol. The van der Waals surface area contributed by atoms with E-state index in [1.54, 1.807) is 6.07 Å². The van der Waals surface area contributed by atoms with Crippen molar-refractivity contribution < 1.29 is 4.79 Å². The van der Waals surface area contributed by atoms with Gasteiger partial charge in [-0.3, -0.25) is 4.79 Å². The van der Waals surface area contributed by atoms with Gasteiger partial charge < -0.3 is 0 Å². The summed E-state index contributed by atoms with van der Waals surface area (Å²) in [4.78, 5) is 12.1. The Labute approximate surface area is 69.1 Å². The molecule has 3 heteroatoms. The van der Waals surface area contributed by atoms with Crippen molar-refractivity contribution in [1.29, 1.82) is 5.26 Å². The first-order valence-electron chi connectivity index (χ1n) is 3.20.